The van der Waals surface area contributed by atoms with Crippen molar-refractivity contribution in [3.8, 4) is 0 Å². The summed E-state index contributed by atoms with van der Waals surface area (Å²) in [5.41, 5.74) is 3.83. The van der Waals surface area contributed by atoms with Gasteiger partial charge in [-0.1, -0.05) is 54.6 Å². The van der Waals surface area contributed by atoms with E-state index in [1.165, 1.54) is 29.5 Å². The van der Waals surface area contributed by atoms with Gasteiger partial charge in [-0.3, -0.25) is 4.79 Å². The first-order valence-electron chi connectivity index (χ1n) is 8.76. The SMILES string of the molecule is O=C(N[C@H](c1ccccc1)C1CC1)[C@@H]1CCCc2ccccc21. The van der Waals surface area contributed by atoms with Crippen LogP contribution in [0.3, 0.4) is 0 Å². The molecule has 118 valence electrons. The minimum atomic E-state index is 0.0184. The number of rotatable bonds is 4. The van der Waals surface area contributed by atoms with Crippen LogP contribution in [0.5, 0.6) is 0 Å². The Labute approximate surface area is 137 Å². The molecule has 0 radical (unpaired) electrons. The second kappa shape index (κ2) is 6.19. The van der Waals surface area contributed by atoms with Crippen LogP contribution in [0.25, 0.3) is 0 Å². The van der Waals surface area contributed by atoms with E-state index in [9.17, 15) is 4.79 Å². The molecule has 0 heterocycles. The van der Waals surface area contributed by atoms with Gasteiger partial charge in [-0.25, -0.2) is 0 Å². The third-order valence-corrected chi connectivity index (χ3v) is 5.24. The Kier molecular flexibility index (Phi) is 3.90. The normalized spacial score (nSPS) is 21.3. The zero-order valence-electron chi connectivity index (χ0n) is 13.4. The minimum Gasteiger partial charge on any atom is -0.348 e. The molecule has 2 atom stereocenters. The Morgan fingerprint density at radius 1 is 0.957 bits per heavy atom. The lowest BCUT2D eigenvalue weighted by Crippen LogP contribution is -2.35. The number of hydrogen-bond acceptors (Lipinski definition) is 1. The molecule has 2 heteroatoms. The van der Waals surface area contributed by atoms with Crippen molar-refractivity contribution in [1.29, 1.82) is 0 Å². The van der Waals surface area contributed by atoms with Crippen molar-refractivity contribution < 1.29 is 4.79 Å². The summed E-state index contributed by atoms with van der Waals surface area (Å²) >= 11 is 0. The minimum absolute atomic E-state index is 0.0184. The van der Waals surface area contributed by atoms with Crippen LogP contribution in [0.15, 0.2) is 54.6 Å². The van der Waals surface area contributed by atoms with E-state index in [0.717, 1.165) is 19.3 Å². The number of fused-ring (bicyclic) bond motifs is 1. The number of amides is 1. The van der Waals surface area contributed by atoms with Gasteiger partial charge in [-0.2, -0.15) is 0 Å². The Morgan fingerprint density at radius 3 is 2.48 bits per heavy atom. The number of carbonyl (C=O) groups is 1. The lowest BCUT2D eigenvalue weighted by Gasteiger charge is -2.27. The number of aryl methyl sites for hydroxylation is 1. The van der Waals surface area contributed by atoms with Gasteiger partial charge in [0.2, 0.25) is 5.91 Å². The van der Waals surface area contributed by atoms with Crippen LogP contribution in [0.4, 0.5) is 0 Å². The van der Waals surface area contributed by atoms with Crippen molar-refractivity contribution in [3.63, 3.8) is 0 Å². The third kappa shape index (κ3) is 3.03. The highest BCUT2D eigenvalue weighted by atomic mass is 16.1. The van der Waals surface area contributed by atoms with E-state index in [1.54, 1.807) is 0 Å². The van der Waals surface area contributed by atoms with Gasteiger partial charge in [0, 0.05) is 0 Å². The molecule has 2 aromatic carbocycles. The average Bonchev–Trinajstić information content (AvgIpc) is 3.44. The first-order chi connectivity index (χ1) is 11.3. The number of hydrogen-bond donors (Lipinski definition) is 1. The molecular weight excluding hydrogens is 282 g/mol. The van der Waals surface area contributed by atoms with E-state index in [2.05, 4.69) is 53.8 Å². The molecule has 0 aliphatic heterocycles. The molecule has 1 saturated carbocycles. The molecule has 1 N–H and O–H groups in total. The molecule has 0 saturated heterocycles. The summed E-state index contributed by atoms with van der Waals surface area (Å²) in [5, 5.41) is 3.37. The summed E-state index contributed by atoms with van der Waals surface area (Å²) in [5.74, 6) is 0.836. The highest BCUT2D eigenvalue weighted by Crippen LogP contribution is 2.42. The first kappa shape index (κ1) is 14.5. The number of nitrogens with one attached hydrogen (secondary N) is 1. The predicted octanol–water partition coefficient (Wildman–Crippen LogP) is 4.37. The van der Waals surface area contributed by atoms with Crippen LogP contribution in [0.1, 0.15) is 54.3 Å². The maximum atomic E-state index is 13.0. The summed E-state index contributed by atoms with van der Waals surface area (Å²) in [7, 11) is 0. The van der Waals surface area contributed by atoms with Crippen molar-refractivity contribution in [3.05, 3.63) is 71.3 Å². The molecule has 23 heavy (non-hydrogen) atoms. The zero-order valence-corrected chi connectivity index (χ0v) is 13.4. The molecule has 2 aliphatic rings. The molecule has 1 amide bonds. The Balaban J connectivity index is 1.55. The molecular formula is C21H23NO. The van der Waals surface area contributed by atoms with Gasteiger partial charge in [-0.05, 0) is 54.7 Å². The van der Waals surface area contributed by atoms with Crippen LogP contribution in [-0.4, -0.2) is 5.91 Å². The van der Waals surface area contributed by atoms with Crippen molar-refractivity contribution in [2.45, 2.75) is 44.1 Å². The van der Waals surface area contributed by atoms with Gasteiger partial charge in [0.05, 0.1) is 12.0 Å². The summed E-state index contributed by atoms with van der Waals surface area (Å²) < 4.78 is 0. The number of carbonyl (C=O) groups excluding carboxylic acids is 1. The lowest BCUT2D eigenvalue weighted by atomic mass is 9.82. The van der Waals surface area contributed by atoms with Crippen molar-refractivity contribution >= 4 is 5.91 Å². The molecule has 4 rings (SSSR count). The van der Waals surface area contributed by atoms with Crippen LogP contribution < -0.4 is 5.32 Å². The summed E-state index contributed by atoms with van der Waals surface area (Å²) in [4.78, 5) is 13.0. The fourth-order valence-corrected chi connectivity index (χ4v) is 3.84. The van der Waals surface area contributed by atoms with Crippen molar-refractivity contribution in [2.75, 3.05) is 0 Å². The van der Waals surface area contributed by atoms with E-state index < -0.39 is 0 Å². The van der Waals surface area contributed by atoms with Gasteiger partial charge < -0.3 is 5.32 Å². The quantitative estimate of drug-likeness (QED) is 0.892. The van der Waals surface area contributed by atoms with E-state index in [-0.39, 0.29) is 17.9 Å². The van der Waals surface area contributed by atoms with Crippen molar-refractivity contribution in [1.82, 2.24) is 5.32 Å². The van der Waals surface area contributed by atoms with E-state index >= 15 is 0 Å². The van der Waals surface area contributed by atoms with Crippen LogP contribution in [0.2, 0.25) is 0 Å². The van der Waals surface area contributed by atoms with Crippen LogP contribution in [0, 0.1) is 5.92 Å². The second-order valence-electron chi connectivity index (χ2n) is 6.88. The smallest absolute Gasteiger partial charge is 0.228 e. The molecule has 0 bridgehead atoms. The average molecular weight is 305 g/mol. The zero-order chi connectivity index (χ0) is 15.6. The molecule has 0 aromatic heterocycles. The molecule has 0 unspecified atom stereocenters. The Bertz CT molecular complexity index is 690. The monoisotopic (exact) mass is 305 g/mol. The predicted molar refractivity (Wildman–Crippen MR) is 92.2 cm³/mol. The first-order valence-corrected chi connectivity index (χ1v) is 8.76. The van der Waals surface area contributed by atoms with Gasteiger partial charge in [0.15, 0.2) is 0 Å². The fourth-order valence-electron chi connectivity index (χ4n) is 3.84. The van der Waals surface area contributed by atoms with E-state index in [4.69, 9.17) is 0 Å². The molecule has 1 fully saturated rings. The highest BCUT2D eigenvalue weighted by molar-refractivity contribution is 5.84. The van der Waals surface area contributed by atoms with Gasteiger partial charge in [0.25, 0.3) is 0 Å². The van der Waals surface area contributed by atoms with Gasteiger partial charge in [-0.15, -0.1) is 0 Å². The van der Waals surface area contributed by atoms with E-state index in [0.29, 0.717) is 5.92 Å². The molecule has 2 nitrogen and oxygen atoms in total. The second-order valence-corrected chi connectivity index (χ2v) is 6.88. The topological polar surface area (TPSA) is 29.1 Å². The molecule has 2 aromatic rings. The lowest BCUT2D eigenvalue weighted by molar-refractivity contribution is -0.123. The highest BCUT2D eigenvalue weighted by Gasteiger charge is 2.35. The van der Waals surface area contributed by atoms with Crippen LogP contribution >= 0.6 is 0 Å². The van der Waals surface area contributed by atoms with Gasteiger partial charge in [0.1, 0.15) is 0 Å². The largest absolute Gasteiger partial charge is 0.348 e. The maximum Gasteiger partial charge on any atom is 0.228 e. The van der Waals surface area contributed by atoms with Crippen LogP contribution in [-0.2, 0) is 11.2 Å². The molecule has 2 aliphatic carbocycles. The summed E-state index contributed by atoms with van der Waals surface area (Å²) in [6.45, 7) is 0. The Morgan fingerprint density at radius 2 is 1.70 bits per heavy atom. The maximum absolute atomic E-state index is 13.0. The fraction of sp³-hybridized carbons (Fsp3) is 0.381. The summed E-state index contributed by atoms with van der Waals surface area (Å²) in [6, 6.07) is 19.0. The van der Waals surface area contributed by atoms with E-state index in [1.807, 2.05) is 6.07 Å². The number of benzene rings is 2. The Hall–Kier alpha value is -2.09. The standard InChI is InChI=1S/C21H23NO/c23-21(19-12-6-10-15-7-4-5-11-18(15)19)22-20(17-13-14-17)16-8-2-1-3-9-16/h1-5,7-9,11,17,19-20H,6,10,12-14H2,(H,22,23)/t19-,20-/m1/s1. The summed E-state index contributed by atoms with van der Waals surface area (Å²) in [6.07, 6.45) is 5.62. The molecule has 0 spiro atoms. The van der Waals surface area contributed by atoms with Crippen molar-refractivity contribution in [2.24, 2.45) is 5.92 Å². The third-order valence-electron chi connectivity index (χ3n) is 5.24. The van der Waals surface area contributed by atoms with Gasteiger partial charge >= 0.3 is 0 Å².